The third-order valence-corrected chi connectivity index (χ3v) is 6.96. The number of halogens is 1. The van der Waals surface area contributed by atoms with Gasteiger partial charge in [0.05, 0.1) is 4.88 Å². The predicted molar refractivity (Wildman–Crippen MR) is 116 cm³/mol. The molecule has 0 radical (unpaired) electrons. The maximum atomic E-state index is 13.2. The number of piperidine rings is 1. The fraction of sp³-hybridized carbons (Fsp3) is 0.435. The van der Waals surface area contributed by atoms with Gasteiger partial charge in [-0.25, -0.2) is 4.39 Å². The molecule has 3 heterocycles. The average molecular weight is 444 g/mol. The summed E-state index contributed by atoms with van der Waals surface area (Å²) in [5, 5.41) is 4.80. The Morgan fingerprint density at radius 1 is 0.968 bits per heavy atom. The lowest BCUT2D eigenvalue weighted by Crippen LogP contribution is -2.54. The van der Waals surface area contributed by atoms with E-state index in [2.05, 4.69) is 5.32 Å². The molecule has 0 bridgehead atoms. The molecule has 1 N–H and O–H groups in total. The van der Waals surface area contributed by atoms with Gasteiger partial charge in [0.1, 0.15) is 11.9 Å². The Morgan fingerprint density at radius 2 is 1.65 bits per heavy atom. The first-order valence-corrected chi connectivity index (χ1v) is 11.6. The lowest BCUT2D eigenvalue weighted by Gasteiger charge is -2.37. The van der Waals surface area contributed by atoms with Crippen molar-refractivity contribution < 1.29 is 18.8 Å². The fourth-order valence-electron chi connectivity index (χ4n) is 4.33. The van der Waals surface area contributed by atoms with E-state index >= 15 is 0 Å². The topological polar surface area (TPSA) is 69.7 Å². The number of carbonyl (C=O) groups is 3. The Balaban J connectivity index is 1.45. The first-order valence-electron chi connectivity index (χ1n) is 10.7. The molecule has 3 amide bonds. The van der Waals surface area contributed by atoms with Crippen LogP contribution in [-0.4, -0.2) is 59.7 Å². The molecule has 0 aliphatic carbocycles. The van der Waals surface area contributed by atoms with E-state index in [9.17, 15) is 18.8 Å². The number of thiophene rings is 1. The molecule has 2 aromatic rings. The van der Waals surface area contributed by atoms with Crippen LogP contribution in [0.15, 0.2) is 41.8 Å². The van der Waals surface area contributed by atoms with Crippen LogP contribution in [0.2, 0.25) is 0 Å². The summed E-state index contributed by atoms with van der Waals surface area (Å²) >= 11 is 1.42. The Labute approximate surface area is 185 Å². The second-order valence-electron chi connectivity index (χ2n) is 8.10. The fourth-order valence-corrected chi connectivity index (χ4v) is 5.02. The minimum atomic E-state index is -0.644. The number of nitrogens with zero attached hydrogens (tertiary/aromatic N) is 2. The van der Waals surface area contributed by atoms with Crippen molar-refractivity contribution >= 4 is 29.1 Å². The number of likely N-dealkylation sites (tertiary alicyclic amines) is 2. The maximum Gasteiger partial charge on any atom is 0.263 e. The summed E-state index contributed by atoms with van der Waals surface area (Å²) in [6.07, 6.45) is 3.23. The number of hydrogen-bond acceptors (Lipinski definition) is 4. The Kier molecular flexibility index (Phi) is 6.65. The van der Waals surface area contributed by atoms with Crippen molar-refractivity contribution in [3.8, 4) is 0 Å². The highest BCUT2D eigenvalue weighted by molar-refractivity contribution is 7.12. The number of hydrogen-bond donors (Lipinski definition) is 1. The van der Waals surface area contributed by atoms with Crippen molar-refractivity contribution in [1.29, 1.82) is 0 Å². The zero-order chi connectivity index (χ0) is 21.8. The summed E-state index contributed by atoms with van der Waals surface area (Å²) in [4.78, 5) is 43.0. The molecule has 0 spiro atoms. The van der Waals surface area contributed by atoms with E-state index in [1.165, 1.54) is 35.6 Å². The molecule has 0 saturated carbocycles. The first-order chi connectivity index (χ1) is 15.0. The molecular weight excluding hydrogens is 417 g/mol. The zero-order valence-electron chi connectivity index (χ0n) is 17.3. The molecule has 8 heteroatoms. The third-order valence-electron chi connectivity index (χ3n) is 6.11. The second-order valence-corrected chi connectivity index (χ2v) is 9.05. The number of benzene rings is 1. The van der Waals surface area contributed by atoms with Gasteiger partial charge >= 0.3 is 0 Å². The van der Waals surface area contributed by atoms with E-state index in [4.69, 9.17) is 0 Å². The van der Waals surface area contributed by atoms with Gasteiger partial charge in [0.2, 0.25) is 5.91 Å². The monoisotopic (exact) mass is 443 g/mol. The van der Waals surface area contributed by atoms with Crippen LogP contribution in [0.5, 0.6) is 0 Å². The second kappa shape index (κ2) is 9.60. The number of amides is 3. The van der Waals surface area contributed by atoms with Gasteiger partial charge in [-0.15, -0.1) is 11.3 Å². The molecule has 2 aliphatic heterocycles. The molecular formula is C23H26FN3O3S. The van der Waals surface area contributed by atoms with E-state index in [-0.39, 0.29) is 23.6 Å². The molecule has 1 unspecified atom stereocenters. The third kappa shape index (κ3) is 4.95. The lowest BCUT2D eigenvalue weighted by atomic mass is 9.88. The highest BCUT2D eigenvalue weighted by Gasteiger charge is 2.37. The normalized spacial score (nSPS) is 18.1. The lowest BCUT2D eigenvalue weighted by molar-refractivity contribution is -0.134. The van der Waals surface area contributed by atoms with Crippen LogP contribution in [0.1, 0.15) is 45.7 Å². The number of carbonyl (C=O) groups excluding carboxylic acids is 3. The molecule has 2 saturated heterocycles. The smallest absolute Gasteiger partial charge is 0.263 e. The predicted octanol–water partition coefficient (Wildman–Crippen LogP) is 3.16. The van der Waals surface area contributed by atoms with Crippen LogP contribution in [-0.2, 0) is 4.79 Å². The van der Waals surface area contributed by atoms with E-state index in [0.29, 0.717) is 49.5 Å². The number of rotatable bonds is 5. The summed E-state index contributed by atoms with van der Waals surface area (Å²) < 4.78 is 13.2. The highest BCUT2D eigenvalue weighted by Crippen LogP contribution is 2.25. The van der Waals surface area contributed by atoms with E-state index in [0.717, 1.165) is 12.8 Å². The summed E-state index contributed by atoms with van der Waals surface area (Å²) in [5.41, 5.74) is 0.325. The van der Waals surface area contributed by atoms with Gasteiger partial charge < -0.3 is 15.1 Å². The van der Waals surface area contributed by atoms with Gasteiger partial charge in [-0.1, -0.05) is 6.07 Å². The summed E-state index contributed by atoms with van der Waals surface area (Å²) in [6.45, 7) is 2.52. The van der Waals surface area contributed by atoms with E-state index in [1.54, 1.807) is 0 Å². The minimum absolute atomic E-state index is 0.0196. The van der Waals surface area contributed by atoms with Gasteiger partial charge in [0, 0.05) is 31.7 Å². The Morgan fingerprint density at radius 3 is 2.26 bits per heavy atom. The first kappa shape index (κ1) is 21.5. The van der Waals surface area contributed by atoms with Gasteiger partial charge in [0.25, 0.3) is 11.8 Å². The van der Waals surface area contributed by atoms with Crippen LogP contribution >= 0.6 is 11.3 Å². The van der Waals surface area contributed by atoms with Gasteiger partial charge in [-0.3, -0.25) is 14.4 Å². The van der Waals surface area contributed by atoms with Gasteiger partial charge in [-0.2, -0.15) is 0 Å². The standard InChI is InChI=1S/C23H26FN3O3S/c24-18-7-5-17(6-8-18)21(28)25-20(23(30)26-11-1-2-12-26)16-9-13-27(14-10-16)22(29)19-4-3-15-31-19/h3-8,15-16,20H,1-2,9-14H2,(H,25,28). The molecule has 1 aromatic carbocycles. The molecule has 2 aliphatic rings. The molecule has 1 atom stereocenters. The molecule has 4 rings (SSSR count). The van der Waals surface area contributed by atoms with E-state index < -0.39 is 11.9 Å². The van der Waals surface area contributed by atoms with Gasteiger partial charge in [0.15, 0.2) is 0 Å². The summed E-state index contributed by atoms with van der Waals surface area (Å²) in [5.74, 6) is -0.884. The van der Waals surface area contributed by atoms with Crippen molar-refractivity contribution in [3.63, 3.8) is 0 Å². The molecule has 2 fully saturated rings. The number of nitrogens with one attached hydrogen (secondary N) is 1. The van der Waals surface area contributed by atoms with Crippen LogP contribution in [0.4, 0.5) is 4.39 Å². The average Bonchev–Trinajstić information content (AvgIpc) is 3.52. The molecule has 1 aromatic heterocycles. The maximum absolute atomic E-state index is 13.2. The quantitative estimate of drug-likeness (QED) is 0.772. The van der Waals surface area contributed by atoms with Crippen LogP contribution in [0.25, 0.3) is 0 Å². The van der Waals surface area contributed by atoms with Crippen LogP contribution in [0.3, 0.4) is 0 Å². The van der Waals surface area contributed by atoms with E-state index in [1.807, 2.05) is 27.3 Å². The van der Waals surface area contributed by atoms with Crippen LogP contribution in [0, 0.1) is 11.7 Å². The Bertz CT molecular complexity index is 918. The van der Waals surface area contributed by atoms with Crippen molar-refractivity contribution in [2.45, 2.75) is 31.7 Å². The SMILES string of the molecule is O=C(NC(C(=O)N1CCCC1)C1CCN(C(=O)c2cccs2)CC1)c1ccc(F)cc1. The highest BCUT2D eigenvalue weighted by atomic mass is 32.1. The largest absolute Gasteiger partial charge is 0.341 e. The van der Waals surface area contributed by atoms with Crippen molar-refractivity contribution in [1.82, 2.24) is 15.1 Å². The Hall–Kier alpha value is -2.74. The van der Waals surface area contributed by atoms with Gasteiger partial charge in [-0.05, 0) is 67.3 Å². The summed E-state index contributed by atoms with van der Waals surface area (Å²) in [6, 6.07) is 8.35. The molecule has 164 valence electrons. The van der Waals surface area contributed by atoms with Crippen LogP contribution < -0.4 is 5.32 Å². The van der Waals surface area contributed by atoms with Crippen molar-refractivity contribution in [3.05, 3.63) is 58.0 Å². The van der Waals surface area contributed by atoms with Crippen molar-refractivity contribution in [2.24, 2.45) is 5.92 Å². The molecule has 31 heavy (non-hydrogen) atoms. The zero-order valence-corrected chi connectivity index (χ0v) is 18.1. The van der Waals surface area contributed by atoms with Crippen molar-refractivity contribution in [2.75, 3.05) is 26.2 Å². The summed E-state index contributed by atoms with van der Waals surface area (Å²) in [7, 11) is 0. The molecule has 6 nitrogen and oxygen atoms in total. The minimum Gasteiger partial charge on any atom is -0.341 e.